The number of nitrogens with zero attached hydrogens (tertiary/aromatic N) is 2. The average Bonchev–Trinajstić information content (AvgIpc) is 2.77. The highest BCUT2D eigenvalue weighted by molar-refractivity contribution is 6.30. The van der Waals surface area contributed by atoms with Crippen molar-refractivity contribution >= 4 is 29.2 Å². The van der Waals surface area contributed by atoms with Gasteiger partial charge in [0.15, 0.2) is 5.41 Å². The van der Waals surface area contributed by atoms with E-state index in [1.807, 2.05) is 11.8 Å². The van der Waals surface area contributed by atoms with Crippen LogP contribution in [0.25, 0.3) is 0 Å². The number of halogens is 1. The first kappa shape index (κ1) is 21.4. The van der Waals surface area contributed by atoms with Crippen LogP contribution in [0.5, 0.6) is 5.75 Å². The van der Waals surface area contributed by atoms with Crippen LogP contribution < -0.4 is 19.9 Å². The highest BCUT2D eigenvalue weighted by atomic mass is 19.1. The molecule has 0 bridgehead atoms. The van der Waals surface area contributed by atoms with Gasteiger partial charge in [0.05, 0.1) is 24.5 Å². The quantitative estimate of drug-likeness (QED) is 0.707. The third kappa shape index (κ3) is 3.03. The van der Waals surface area contributed by atoms with Crippen molar-refractivity contribution in [3.63, 3.8) is 0 Å². The number of carbonyl (C=O) groups excluding carboxylic acids is 3. The van der Waals surface area contributed by atoms with Crippen molar-refractivity contribution in [2.75, 3.05) is 23.5 Å². The minimum Gasteiger partial charge on any atom is -0.497 e. The second kappa shape index (κ2) is 7.57. The predicted octanol–water partition coefficient (Wildman–Crippen LogP) is 3.51. The molecule has 3 aliphatic heterocycles. The van der Waals surface area contributed by atoms with Gasteiger partial charge in [-0.05, 0) is 60.6 Å². The van der Waals surface area contributed by atoms with Crippen LogP contribution in [0.15, 0.2) is 42.5 Å². The molecule has 0 radical (unpaired) electrons. The number of benzene rings is 2. The molecule has 0 aliphatic carbocycles. The number of ether oxygens (including phenoxy) is 1. The van der Waals surface area contributed by atoms with Crippen molar-refractivity contribution in [2.24, 2.45) is 17.3 Å². The van der Waals surface area contributed by atoms with Crippen LogP contribution in [-0.2, 0) is 16.0 Å². The smallest absolute Gasteiger partial charge is 0.335 e. The number of imide groups is 2. The van der Waals surface area contributed by atoms with Gasteiger partial charge in [0.2, 0.25) is 5.91 Å². The summed E-state index contributed by atoms with van der Waals surface area (Å²) in [5.74, 6) is -0.777. The maximum atomic E-state index is 15.0. The number of hydrogen-bond acceptors (Lipinski definition) is 5. The number of fused-ring (bicyclic) bond motifs is 4. The van der Waals surface area contributed by atoms with Gasteiger partial charge in [-0.25, -0.2) is 14.1 Å². The van der Waals surface area contributed by atoms with Gasteiger partial charge in [-0.15, -0.1) is 0 Å². The number of piperidine rings is 1. The van der Waals surface area contributed by atoms with Crippen LogP contribution in [0.1, 0.15) is 25.8 Å². The number of methoxy groups -OCH3 is 1. The minimum atomic E-state index is -1.55. The number of nitrogens with one attached hydrogen (secondary N) is 1. The molecule has 0 aromatic heterocycles. The maximum absolute atomic E-state index is 15.0. The molecule has 2 aromatic carbocycles. The Hall–Kier alpha value is -3.42. The van der Waals surface area contributed by atoms with E-state index in [4.69, 9.17) is 4.74 Å². The molecule has 1 N–H and O–H groups in total. The third-order valence-electron chi connectivity index (χ3n) is 7.23. The first-order valence-corrected chi connectivity index (χ1v) is 11.2. The lowest BCUT2D eigenvalue weighted by molar-refractivity contribution is -0.146. The van der Waals surface area contributed by atoms with E-state index in [1.54, 1.807) is 36.4 Å². The van der Waals surface area contributed by atoms with Crippen molar-refractivity contribution in [3.8, 4) is 5.75 Å². The lowest BCUT2D eigenvalue weighted by Gasteiger charge is -2.56. The molecule has 33 heavy (non-hydrogen) atoms. The SMILES string of the molecule is COc1ccc(N2C(=O)NC(=O)[C@]3(Cc4cccc(F)c4N4C[C@H](C)C[C@H](C)[C@@H]43)C2=O)cc1. The Kier molecular flexibility index (Phi) is 4.92. The number of hydrogen-bond donors (Lipinski definition) is 1. The second-order valence-electron chi connectivity index (χ2n) is 9.41. The third-order valence-corrected chi connectivity index (χ3v) is 7.23. The molecule has 0 saturated carbocycles. The van der Waals surface area contributed by atoms with Crippen LogP contribution in [0.3, 0.4) is 0 Å². The highest BCUT2D eigenvalue weighted by Crippen LogP contribution is 2.51. The fraction of sp³-hybridized carbons (Fsp3) is 0.400. The van der Waals surface area contributed by atoms with Crippen LogP contribution in [0.4, 0.5) is 20.6 Å². The topological polar surface area (TPSA) is 79.0 Å². The summed E-state index contributed by atoms with van der Waals surface area (Å²) in [7, 11) is 1.53. The van der Waals surface area contributed by atoms with Crippen molar-refractivity contribution < 1.29 is 23.5 Å². The molecule has 8 heteroatoms. The van der Waals surface area contributed by atoms with E-state index in [0.29, 0.717) is 29.2 Å². The number of anilines is 2. The lowest BCUT2D eigenvalue weighted by Crippen LogP contribution is -2.74. The minimum absolute atomic E-state index is 0.0323. The predicted molar refractivity (Wildman–Crippen MR) is 121 cm³/mol. The number of carbonyl (C=O) groups is 3. The van der Waals surface area contributed by atoms with Crippen molar-refractivity contribution in [2.45, 2.75) is 32.7 Å². The monoisotopic (exact) mass is 451 g/mol. The number of amides is 4. The van der Waals surface area contributed by atoms with Gasteiger partial charge >= 0.3 is 6.03 Å². The van der Waals surface area contributed by atoms with Gasteiger partial charge in [0.25, 0.3) is 5.91 Å². The fourth-order valence-corrected chi connectivity index (χ4v) is 6.04. The first-order chi connectivity index (χ1) is 15.8. The lowest BCUT2D eigenvalue weighted by atomic mass is 9.62. The highest BCUT2D eigenvalue weighted by Gasteiger charge is 2.64. The number of urea groups is 1. The Bertz CT molecular complexity index is 1150. The summed E-state index contributed by atoms with van der Waals surface area (Å²) in [4.78, 5) is 43.5. The zero-order valence-corrected chi connectivity index (χ0v) is 18.8. The van der Waals surface area contributed by atoms with E-state index in [-0.39, 0.29) is 24.1 Å². The number of para-hydroxylation sites is 1. The summed E-state index contributed by atoms with van der Waals surface area (Å²) in [6.07, 6.45) is 0.828. The zero-order chi connectivity index (χ0) is 23.5. The van der Waals surface area contributed by atoms with Crippen LogP contribution in [-0.4, -0.2) is 37.5 Å². The summed E-state index contributed by atoms with van der Waals surface area (Å²) >= 11 is 0. The summed E-state index contributed by atoms with van der Waals surface area (Å²) in [6, 6.07) is 9.94. The van der Waals surface area contributed by atoms with E-state index in [1.165, 1.54) is 13.2 Å². The molecule has 2 saturated heterocycles. The molecule has 4 atom stereocenters. The van der Waals surface area contributed by atoms with Gasteiger partial charge in [-0.3, -0.25) is 14.9 Å². The van der Waals surface area contributed by atoms with Gasteiger partial charge in [-0.2, -0.15) is 0 Å². The van der Waals surface area contributed by atoms with Gasteiger partial charge in [-0.1, -0.05) is 26.0 Å². The molecule has 2 fully saturated rings. The molecule has 172 valence electrons. The summed E-state index contributed by atoms with van der Waals surface area (Å²) in [6.45, 7) is 4.61. The normalized spacial score (nSPS) is 29.0. The van der Waals surface area contributed by atoms with Crippen LogP contribution in [0, 0.1) is 23.1 Å². The average molecular weight is 451 g/mol. The summed E-state index contributed by atoms with van der Waals surface area (Å²) in [5.41, 5.74) is -0.146. The Morgan fingerprint density at radius 1 is 1.09 bits per heavy atom. The zero-order valence-electron chi connectivity index (χ0n) is 18.8. The summed E-state index contributed by atoms with van der Waals surface area (Å²) in [5, 5.41) is 2.43. The van der Waals surface area contributed by atoms with E-state index < -0.39 is 29.3 Å². The Morgan fingerprint density at radius 2 is 1.82 bits per heavy atom. The molecule has 3 heterocycles. The van der Waals surface area contributed by atoms with E-state index in [2.05, 4.69) is 12.2 Å². The molecular formula is C25H26FN3O4. The largest absolute Gasteiger partial charge is 0.497 e. The van der Waals surface area contributed by atoms with Gasteiger partial charge in [0, 0.05) is 6.54 Å². The number of barbiturate groups is 1. The molecule has 7 nitrogen and oxygen atoms in total. The second-order valence-corrected chi connectivity index (χ2v) is 9.41. The van der Waals surface area contributed by atoms with Crippen molar-refractivity contribution in [1.82, 2.24) is 5.32 Å². The standard InChI is InChI=1S/C25H26FN3O4/c1-14-11-15(2)21-25(12-16-5-4-6-19(26)20(16)28(21)13-14)22(30)27-24(32)29(23(25)31)17-7-9-18(33-3)10-8-17/h4-10,14-15,21H,11-13H2,1-3H3,(H,27,30,32)/t14-,15+,21-,25-/m1/s1. The van der Waals surface area contributed by atoms with Crippen molar-refractivity contribution in [3.05, 3.63) is 53.8 Å². The van der Waals surface area contributed by atoms with Crippen LogP contribution >= 0.6 is 0 Å². The Labute approximate surface area is 191 Å². The molecule has 2 aromatic rings. The van der Waals surface area contributed by atoms with E-state index >= 15 is 4.39 Å². The fourth-order valence-electron chi connectivity index (χ4n) is 6.04. The Morgan fingerprint density at radius 3 is 2.52 bits per heavy atom. The molecule has 5 rings (SSSR count). The molecule has 3 aliphatic rings. The number of rotatable bonds is 2. The van der Waals surface area contributed by atoms with Crippen LogP contribution in [0.2, 0.25) is 0 Å². The molecule has 4 amide bonds. The molecule has 1 spiro atoms. The van der Waals surface area contributed by atoms with Gasteiger partial charge < -0.3 is 9.64 Å². The maximum Gasteiger partial charge on any atom is 0.335 e. The molecule has 0 unspecified atom stereocenters. The first-order valence-electron chi connectivity index (χ1n) is 11.2. The Balaban J connectivity index is 1.68. The molecular weight excluding hydrogens is 425 g/mol. The van der Waals surface area contributed by atoms with E-state index in [0.717, 1.165) is 11.3 Å². The summed E-state index contributed by atoms with van der Waals surface area (Å²) < 4.78 is 20.2. The van der Waals surface area contributed by atoms with E-state index in [9.17, 15) is 14.4 Å². The van der Waals surface area contributed by atoms with Gasteiger partial charge in [0.1, 0.15) is 11.6 Å². The van der Waals surface area contributed by atoms with Crippen molar-refractivity contribution in [1.29, 1.82) is 0 Å².